The summed E-state index contributed by atoms with van der Waals surface area (Å²) >= 11 is 1.39. The fraction of sp³-hybridized carbons (Fsp3) is 0.118. The average molecular weight is 597 g/mol. The molecule has 5 aromatic rings. The van der Waals surface area contributed by atoms with E-state index in [4.69, 9.17) is 10.9 Å². The third-order valence-electron chi connectivity index (χ3n) is 6.29. The first-order valence-electron chi connectivity index (χ1n) is 13.6. The molecule has 5 rings (SSSR count). The number of anilines is 1. The van der Waals surface area contributed by atoms with Crippen LogP contribution >= 0.6 is 11.8 Å². The second kappa shape index (κ2) is 15.9. The minimum atomic E-state index is -3.95. The molecular formula is C34H36N4O2S2. The van der Waals surface area contributed by atoms with E-state index in [1.54, 1.807) is 6.07 Å². The Bertz CT molecular complexity index is 1620. The lowest BCUT2D eigenvalue weighted by molar-refractivity contribution is 0.595. The zero-order valence-electron chi connectivity index (χ0n) is 23.3. The number of rotatable bonds is 11. The van der Waals surface area contributed by atoms with Crippen LogP contribution in [0.2, 0.25) is 0 Å². The number of nitrogens with one attached hydrogen (secondary N) is 2. The molecule has 0 aliphatic rings. The zero-order chi connectivity index (χ0) is 29.6. The average Bonchev–Trinajstić information content (AvgIpc) is 3.02. The fourth-order valence-electron chi connectivity index (χ4n) is 4.17. The lowest BCUT2D eigenvalue weighted by Gasteiger charge is -2.18. The van der Waals surface area contributed by atoms with E-state index in [2.05, 4.69) is 22.8 Å². The molecule has 0 spiro atoms. The molecule has 0 amide bonds. The highest BCUT2D eigenvalue weighted by molar-refractivity contribution is 8.00. The number of nitrogens with two attached hydrogens (primary N) is 2. The van der Waals surface area contributed by atoms with Gasteiger partial charge in [0.05, 0.1) is 15.5 Å². The number of hydrogen-bond acceptors (Lipinski definition) is 6. The van der Waals surface area contributed by atoms with Crippen molar-refractivity contribution in [3.05, 3.63) is 156 Å². The van der Waals surface area contributed by atoms with Crippen molar-refractivity contribution < 1.29 is 8.42 Å². The smallest absolute Gasteiger partial charge is 0.239 e. The molecule has 6 nitrogen and oxygen atoms in total. The highest BCUT2D eigenvalue weighted by Crippen LogP contribution is 2.39. The van der Waals surface area contributed by atoms with Gasteiger partial charge in [-0.15, -0.1) is 0 Å². The van der Waals surface area contributed by atoms with Crippen LogP contribution in [-0.2, 0) is 36.2 Å². The van der Waals surface area contributed by atoms with Crippen LogP contribution in [0.3, 0.4) is 0 Å². The standard InChI is InChI=1S/C27H27N3O2S2.C7H9N/c28-34(31,32)26-17-23(19-29-18-21-10-4-1-5-11-21)16-25(30-20-22-12-6-2-7-13-22)27(26)33-24-14-8-3-9-15-24;8-6-7-4-2-1-3-5-7/h1-17,29-30H,18-20H2,(H2,28,31,32);1-5H,6,8H2. The Labute approximate surface area is 253 Å². The van der Waals surface area contributed by atoms with Gasteiger partial charge in [0, 0.05) is 31.1 Å². The molecule has 6 N–H and O–H groups in total. The van der Waals surface area contributed by atoms with Crippen molar-refractivity contribution in [2.24, 2.45) is 10.9 Å². The van der Waals surface area contributed by atoms with Crippen molar-refractivity contribution in [3.63, 3.8) is 0 Å². The van der Waals surface area contributed by atoms with Crippen molar-refractivity contribution in [1.29, 1.82) is 0 Å². The van der Waals surface area contributed by atoms with E-state index in [1.807, 2.05) is 115 Å². The van der Waals surface area contributed by atoms with E-state index in [-0.39, 0.29) is 4.90 Å². The Hall–Kier alpha value is -3.92. The fourth-order valence-corrected chi connectivity index (χ4v) is 6.26. The van der Waals surface area contributed by atoms with E-state index >= 15 is 0 Å². The van der Waals surface area contributed by atoms with E-state index < -0.39 is 10.0 Å². The Kier molecular flexibility index (Phi) is 11.8. The molecule has 0 saturated heterocycles. The van der Waals surface area contributed by atoms with E-state index in [0.717, 1.165) is 27.3 Å². The van der Waals surface area contributed by atoms with Crippen LogP contribution in [0, 0.1) is 0 Å². The van der Waals surface area contributed by atoms with Crippen molar-refractivity contribution >= 4 is 27.5 Å². The number of primary sulfonamides is 1. The van der Waals surface area contributed by atoms with Crippen LogP contribution in [0.4, 0.5) is 5.69 Å². The molecule has 0 fully saturated rings. The summed E-state index contributed by atoms with van der Waals surface area (Å²) < 4.78 is 25.3. The number of hydrogen-bond donors (Lipinski definition) is 4. The van der Waals surface area contributed by atoms with Crippen molar-refractivity contribution in [1.82, 2.24) is 5.32 Å². The van der Waals surface area contributed by atoms with E-state index in [1.165, 1.54) is 17.3 Å². The second-order valence-corrected chi connectivity index (χ2v) is 12.2. The summed E-state index contributed by atoms with van der Waals surface area (Å²) in [7, 11) is -3.95. The van der Waals surface area contributed by atoms with Crippen LogP contribution in [0.25, 0.3) is 0 Å². The Morgan fingerprint density at radius 3 is 1.57 bits per heavy atom. The quantitative estimate of drug-likeness (QED) is 0.138. The lowest BCUT2D eigenvalue weighted by Crippen LogP contribution is -2.17. The number of benzene rings is 5. The maximum Gasteiger partial charge on any atom is 0.239 e. The molecule has 8 heteroatoms. The summed E-state index contributed by atoms with van der Waals surface area (Å²) in [6, 6.07) is 43.4. The SMILES string of the molecule is NCc1ccccc1.NS(=O)(=O)c1cc(CNCc2ccccc2)cc(NCc2ccccc2)c1Sc1ccccc1. The highest BCUT2D eigenvalue weighted by atomic mass is 32.2. The van der Waals surface area contributed by atoms with Gasteiger partial charge in [-0.3, -0.25) is 0 Å². The van der Waals surface area contributed by atoms with Crippen LogP contribution in [0.5, 0.6) is 0 Å². The van der Waals surface area contributed by atoms with Gasteiger partial charge in [0.25, 0.3) is 0 Å². The monoisotopic (exact) mass is 596 g/mol. The molecule has 0 unspecified atom stereocenters. The predicted octanol–water partition coefficient (Wildman–Crippen LogP) is 6.53. The molecule has 0 heterocycles. The van der Waals surface area contributed by atoms with Gasteiger partial charge in [0.1, 0.15) is 0 Å². The van der Waals surface area contributed by atoms with Gasteiger partial charge in [0.15, 0.2) is 0 Å². The van der Waals surface area contributed by atoms with Gasteiger partial charge in [-0.2, -0.15) is 0 Å². The van der Waals surface area contributed by atoms with Crippen LogP contribution < -0.4 is 21.5 Å². The van der Waals surface area contributed by atoms with Crippen LogP contribution in [-0.4, -0.2) is 8.42 Å². The summed E-state index contributed by atoms with van der Waals surface area (Å²) in [5.74, 6) is 0. The van der Waals surface area contributed by atoms with E-state index in [9.17, 15) is 8.42 Å². The highest BCUT2D eigenvalue weighted by Gasteiger charge is 2.20. The molecule has 5 aromatic carbocycles. The largest absolute Gasteiger partial charge is 0.380 e. The topological polar surface area (TPSA) is 110 Å². The van der Waals surface area contributed by atoms with Crippen molar-refractivity contribution in [2.45, 2.75) is 40.9 Å². The molecule has 216 valence electrons. The molecule has 0 saturated carbocycles. The van der Waals surface area contributed by atoms with Crippen molar-refractivity contribution in [2.75, 3.05) is 5.32 Å². The van der Waals surface area contributed by atoms with Crippen LogP contribution in [0.15, 0.2) is 148 Å². The minimum Gasteiger partial charge on any atom is -0.380 e. The molecule has 0 aliphatic carbocycles. The summed E-state index contributed by atoms with van der Waals surface area (Å²) in [5.41, 5.74) is 10.4. The maximum atomic E-state index is 12.6. The zero-order valence-corrected chi connectivity index (χ0v) is 25.0. The predicted molar refractivity (Wildman–Crippen MR) is 173 cm³/mol. The molecule has 0 radical (unpaired) electrons. The molecule has 42 heavy (non-hydrogen) atoms. The summed E-state index contributed by atoms with van der Waals surface area (Å²) in [4.78, 5) is 1.65. The Morgan fingerprint density at radius 1 is 0.595 bits per heavy atom. The van der Waals surface area contributed by atoms with Gasteiger partial charge in [0.2, 0.25) is 10.0 Å². The Balaban J connectivity index is 0.000000437. The summed E-state index contributed by atoms with van der Waals surface area (Å²) in [6.45, 7) is 2.39. The maximum absolute atomic E-state index is 12.6. The third kappa shape index (κ3) is 9.87. The van der Waals surface area contributed by atoms with Gasteiger partial charge in [-0.25, -0.2) is 13.6 Å². The first-order chi connectivity index (χ1) is 20.4. The Morgan fingerprint density at radius 2 is 1.07 bits per heavy atom. The third-order valence-corrected chi connectivity index (χ3v) is 8.51. The number of sulfonamides is 1. The second-order valence-electron chi connectivity index (χ2n) is 9.55. The molecular weight excluding hydrogens is 561 g/mol. The summed E-state index contributed by atoms with van der Waals surface area (Å²) in [5, 5.41) is 12.5. The van der Waals surface area contributed by atoms with Crippen molar-refractivity contribution in [3.8, 4) is 0 Å². The molecule has 0 bridgehead atoms. The van der Waals surface area contributed by atoms with Gasteiger partial charge in [-0.1, -0.05) is 121 Å². The molecule has 0 aliphatic heterocycles. The molecule has 0 aromatic heterocycles. The van der Waals surface area contributed by atoms with Gasteiger partial charge >= 0.3 is 0 Å². The normalized spacial score (nSPS) is 10.9. The van der Waals surface area contributed by atoms with Crippen LogP contribution in [0.1, 0.15) is 22.3 Å². The van der Waals surface area contributed by atoms with Gasteiger partial charge in [-0.05, 0) is 46.5 Å². The van der Waals surface area contributed by atoms with Gasteiger partial charge < -0.3 is 16.4 Å². The van der Waals surface area contributed by atoms with E-state index in [0.29, 0.717) is 31.1 Å². The lowest BCUT2D eigenvalue weighted by atomic mass is 10.1. The first kappa shape index (κ1) is 31.0. The summed E-state index contributed by atoms with van der Waals surface area (Å²) in [6.07, 6.45) is 0. The first-order valence-corrected chi connectivity index (χ1v) is 16.0. The molecule has 0 atom stereocenters. The minimum absolute atomic E-state index is 0.121.